The van der Waals surface area contributed by atoms with Gasteiger partial charge in [-0.1, -0.05) is 0 Å². The predicted octanol–water partition coefficient (Wildman–Crippen LogP) is 1.82. The Balaban J connectivity index is 2.60. The fourth-order valence-electron chi connectivity index (χ4n) is 1.80. The second kappa shape index (κ2) is 5.03. The van der Waals surface area contributed by atoms with Crippen molar-refractivity contribution in [3.8, 4) is 0 Å². The molecular formula is C10H16F3NO2. The van der Waals surface area contributed by atoms with Gasteiger partial charge in [0.1, 0.15) is 6.10 Å². The summed E-state index contributed by atoms with van der Waals surface area (Å²) in [5.41, 5.74) is 0. The zero-order valence-electron chi connectivity index (χ0n) is 9.38. The van der Waals surface area contributed by atoms with Crippen LogP contribution in [0.5, 0.6) is 0 Å². The fraction of sp³-hybridized carbons (Fsp3) is 0.900. The van der Waals surface area contributed by atoms with Crippen LogP contribution in [-0.4, -0.2) is 43.3 Å². The van der Waals surface area contributed by atoms with E-state index in [4.69, 9.17) is 4.74 Å². The highest BCUT2D eigenvalue weighted by Crippen LogP contribution is 2.33. The van der Waals surface area contributed by atoms with Crippen molar-refractivity contribution in [2.24, 2.45) is 5.92 Å². The summed E-state index contributed by atoms with van der Waals surface area (Å²) in [5, 5.41) is 0. The summed E-state index contributed by atoms with van der Waals surface area (Å²) in [6.45, 7) is 1.69. The van der Waals surface area contributed by atoms with Crippen LogP contribution in [0.25, 0.3) is 0 Å². The van der Waals surface area contributed by atoms with Crippen molar-refractivity contribution in [3.63, 3.8) is 0 Å². The first kappa shape index (κ1) is 13.3. The molecule has 0 spiro atoms. The van der Waals surface area contributed by atoms with Gasteiger partial charge in [-0.3, -0.25) is 4.79 Å². The number of hydrogen-bond acceptors (Lipinski definition) is 2. The van der Waals surface area contributed by atoms with Crippen LogP contribution in [-0.2, 0) is 9.53 Å². The molecule has 1 aliphatic rings. The van der Waals surface area contributed by atoms with Crippen LogP contribution >= 0.6 is 0 Å². The van der Waals surface area contributed by atoms with Gasteiger partial charge in [0.05, 0.1) is 5.92 Å². The topological polar surface area (TPSA) is 29.5 Å². The number of ether oxygens (including phenoxy) is 1. The molecular weight excluding hydrogens is 223 g/mol. The normalized spacial score (nSPS) is 24.3. The Labute approximate surface area is 92.5 Å². The van der Waals surface area contributed by atoms with Crippen molar-refractivity contribution < 1.29 is 22.7 Å². The minimum absolute atomic E-state index is 0.106. The average Bonchev–Trinajstić information content (AvgIpc) is 2.26. The summed E-state index contributed by atoms with van der Waals surface area (Å²) in [6.07, 6.45) is -4.39. The fourth-order valence-corrected chi connectivity index (χ4v) is 1.80. The third kappa shape index (κ3) is 3.10. The van der Waals surface area contributed by atoms with Gasteiger partial charge in [0.15, 0.2) is 0 Å². The van der Waals surface area contributed by atoms with E-state index in [1.54, 1.807) is 6.92 Å². The van der Waals surface area contributed by atoms with Crippen molar-refractivity contribution in [2.75, 3.05) is 20.2 Å². The molecule has 0 radical (unpaired) electrons. The summed E-state index contributed by atoms with van der Waals surface area (Å²) < 4.78 is 42.3. The summed E-state index contributed by atoms with van der Waals surface area (Å²) in [6, 6.07) is 0. The first-order valence-corrected chi connectivity index (χ1v) is 5.24. The molecule has 94 valence electrons. The van der Waals surface area contributed by atoms with Gasteiger partial charge in [0.2, 0.25) is 0 Å². The third-order valence-electron chi connectivity index (χ3n) is 2.90. The molecule has 2 atom stereocenters. The number of alkyl halides is 3. The van der Waals surface area contributed by atoms with Crippen LogP contribution < -0.4 is 0 Å². The van der Waals surface area contributed by atoms with Gasteiger partial charge in [0, 0.05) is 20.2 Å². The Morgan fingerprint density at radius 1 is 1.50 bits per heavy atom. The van der Waals surface area contributed by atoms with Crippen molar-refractivity contribution in [1.29, 1.82) is 0 Å². The lowest BCUT2D eigenvalue weighted by Gasteiger charge is -2.34. The maximum Gasteiger partial charge on any atom is 0.393 e. The lowest BCUT2D eigenvalue weighted by atomic mass is 9.97. The Hall–Kier alpha value is -0.780. The zero-order chi connectivity index (χ0) is 12.3. The number of likely N-dealkylation sites (tertiary alicyclic amines) is 1. The van der Waals surface area contributed by atoms with E-state index in [1.807, 2.05) is 0 Å². The van der Waals surface area contributed by atoms with E-state index < -0.39 is 18.2 Å². The smallest absolute Gasteiger partial charge is 0.372 e. The number of nitrogens with zero attached hydrogens (tertiary/aromatic N) is 1. The first-order valence-electron chi connectivity index (χ1n) is 5.24. The maximum atomic E-state index is 12.5. The van der Waals surface area contributed by atoms with Gasteiger partial charge in [-0.15, -0.1) is 0 Å². The van der Waals surface area contributed by atoms with E-state index in [-0.39, 0.29) is 18.9 Å². The highest BCUT2D eigenvalue weighted by molar-refractivity contribution is 5.80. The number of halogens is 3. The van der Waals surface area contributed by atoms with E-state index in [1.165, 1.54) is 12.0 Å². The molecule has 16 heavy (non-hydrogen) atoms. The van der Waals surface area contributed by atoms with Gasteiger partial charge >= 0.3 is 6.18 Å². The number of hydrogen-bond donors (Lipinski definition) is 0. The second-order valence-corrected chi connectivity index (χ2v) is 4.04. The van der Waals surface area contributed by atoms with Crippen molar-refractivity contribution >= 4 is 5.91 Å². The highest BCUT2D eigenvalue weighted by atomic mass is 19.4. The zero-order valence-corrected chi connectivity index (χ0v) is 9.38. The van der Waals surface area contributed by atoms with E-state index >= 15 is 0 Å². The largest absolute Gasteiger partial charge is 0.393 e. The van der Waals surface area contributed by atoms with E-state index in [0.717, 1.165) is 0 Å². The Morgan fingerprint density at radius 2 is 2.12 bits per heavy atom. The minimum atomic E-state index is -4.21. The summed E-state index contributed by atoms with van der Waals surface area (Å²) in [4.78, 5) is 12.9. The van der Waals surface area contributed by atoms with Gasteiger partial charge < -0.3 is 9.64 Å². The third-order valence-corrected chi connectivity index (χ3v) is 2.90. The van der Waals surface area contributed by atoms with Crippen LogP contribution in [0.15, 0.2) is 0 Å². The molecule has 1 saturated heterocycles. The quantitative estimate of drug-likeness (QED) is 0.735. The van der Waals surface area contributed by atoms with Crippen LogP contribution in [0, 0.1) is 5.92 Å². The standard InChI is InChI=1S/C10H16F3NO2/c1-7(16-2)9(15)14-5-3-4-8(6-14)10(11,12)13/h7-8H,3-6H2,1-2H3. The molecule has 0 N–H and O–H groups in total. The van der Waals surface area contributed by atoms with Crippen molar-refractivity contribution in [1.82, 2.24) is 4.90 Å². The number of piperidine rings is 1. The maximum absolute atomic E-state index is 12.5. The molecule has 3 nitrogen and oxygen atoms in total. The summed E-state index contributed by atoms with van der Waals surface area (Å²) in [7, 11) is 1.37. The molecule has 1 fully saturated rings. The average molecular weight is 239 g/mol. The molecule has 1 amide bonds. The van der Waals surface area contributed by atoms with E-state index in [9.17, 15) is 18.0 Å². The molecule has 6 heteroatoms. The summed E-state index contributed by atoms with van der Waals surface area (Å²) >= 11 is 0. The minimum Gasteiger partial charge on any atom is -0.372 e. The monoisotopic (exact) mass is 239 g/mol. The van der Waals surface area contributed by atoms with Gasteiger partial charge in [0.25, 0.3) is 5.91 Å². The number of rotatable bonds is 2. The Bertz CT molecular complexity index is 255. The first-order chi connectivity index (χ1) is 7.36. The molecule has 2 unspecified atom stereocenters. The van der Waals surface area contributed by atoms with Gasteiger partial charge in [-0.25, -0.2) is 0 Å². The Kier molecular flexibility index (Phi) is 4.18. The van der Waals surface area contributed by atoms with Gasteiger partial charge in [-0.05, 0) is 19.8 Å². The van der Waals surface area contributed by atoms with Crippen LogP contribution in [0.2, 0.25) is 0 Å². The lowest BCUT2D eigenvalue weighted by molar-refractivity contribution is -0.189. The van der Waals surface area contributed by atoms with Crippen molar-refractivity contribution in [2.45, 2.75) is 32.0 Å². The van der Waals surface area contributed by atoms with Crippen LogP contribution in [0.3, 0.4) is 0 Å². The van der Waals surface area contributed by atoms with Crippen LogP contribution in [0.4, 0.5) is 13.2 Å². The molecule has 1 heterocycles. The molecule has 1 rings (SSSR count). The Morgan fingerprint density at radius 3 is 2.62 bits per heavy atom. The SMILES string of the molecule is COC(C)C(=O)N1CCCC(C(F)(F)F)C1. The van der Waals surface area contributed by atoms with Gasteiger partial charge in [-0.2, -0.15) is 13.2 Å². The molecule has 1 aliphatic heterocycles. The second-order valence-electron chi connectivity index (χ2n) is 4.04. The predicted molar refractivity (Wildman–Crippen MR) is 51.8 cm³/mol. The number of amides is 1. The molecule has 0 bridgehead atoms. The molecule has 0 aromatic heterocycles. The highest BCUT2D eigenvalue weighted by Gasteiger charge is 2.43. The molecule has 0 saturated carbocycles. The van der Waals surface area contributed by atoms with E-state index in [0.29, 0.717) is 13.0 Å². The van der Waals surface area contributed by atoms with E-state index in [2.05, 4.69) is 0 Å². The molecule has 0 aromatic carbocycles. The lowest BCUT2D eigenvalue weighted by Crippen LogP contribution is -2.47. The molecule has 0 aromatic rings. The molecule has 0 aliphatic carbocycles. The number of carbonyl (C=O) groups excluding carboxylic acids is 1. The van der Waals surface area contributed by atoms with Crippen molar-refractivity contribution in [3.05, 3.63) is 0 Å². The van der Waals surface area contributed by atoms with Crippen LogP contribution in [0.1, 0.15) is 19.8 Å². The summed E-state index contributed by atoms with van der Waals surface area (Å²) in [5.74, 6) is -1.76. The number of carbonyl (C=O) groups is 1. The number of methoxy groups -OCH3 is 1.